The average molecular weight is 272 g/mol. The Morgan fingerprint density at radius 1 is 1.15 bits per heavy atom. The fourth-order valence-corrected chi connectivity index (χ4v) is 1.82. The van der Waals surface area contributed by atoms with Gasteiger partial charge in [-0.25, -0.2) is 4.79 Å². The summed E-state index contributed by atoms with van der Waals surface area (Å²) in [6.45, 7) is 2.26. The fourth-order valence-electron chi connectivity index (χ4n) is 1.82. The zero-order chi connectivity index (χ0) is 14.5. The van der Waals surface area contributed by atoms with Crippen molar-refractivity contribution in [2.24, 2.45) is 0 Å². The summed E-state index contributed by atoms with van der Waals surface area (Å²) in [6.07, 6.45) is 0. The maximum absolute atomic E-state index is 11.0. The van der Waals surface area contributed by atoms with Gasteiger partial charge in [-0.3, -0.25) is 0 Å². The van der Waals surface area contributed by atoms with Crippen LogP contribution in [-0.4, -0.2) is 18.2 Å². The van der Waals surface area contributed by atoms with Gasteiger partial charge in [0.1, 0.15) is 18.1 Å². The van der Waals surface area contributed by atoms with Crippen molar-refractivity contribution in [3.8, 4) is 11.5 Å². The number of hydrogen-bond acceptors (Lipinski definition) is 3. The predicted octanol–water partition coefficient (Wildman–Crippen LogP) is 3.28. The van der Waals surface area contributed by atoms with Crippen LogP contribution in [0.15, 0.2) is 42.5 Å². The molecular weight excluding hydrogens is 256 g/mol. The topological polar surface area (TPSA) is 55.8 Å². The Morgan fingerprint density at radius 2 is 1.85 bits per heavy atom. The van der Waals surface area contributed by atoms with E-state index in [-0.39, 0.29) is 12.2 Å². The molecule has 4 nitrogen and oxygen atoms in total. The van der Waals surface area contributed by atoms with E-state index in [9.17, 15) is 4.79 Å². The molecule has 104 valence electrons. The molecule has 0 bridgehead atoms. The molecule has 0 atom stereocenters. The normalized spacial score (nSPS) is 10.1. The van der Waals surface area contributed by atoms with Crippen molar-refractivity contribution < 1.29 is 19.4 Å². The monoisotopic (exact) mass is 272 g/mol. The number of carbonyl (C=O) groups is 1. The van der Waals surface area contributed by atoms with Gasteiger partial charge in [-0.15, -0.1) is 0 Å². The summed E-state index contributed by atoms with van der Waals surface area (Å²) >= 11 is 0. The summed E-state index contributed by atoms with van der Waals surface area (Å²) in [4.78, 5) is 11.0. The highest BCUT2D eigenvalue weighted by Gasteiger charge is 2.09. The summed E-state index contributed by atoms with van der Waals surface area (Å²) in [5, 5.41) is 9.01. The second-order valence-electron chi connectivity index (χ2n) is 4.43. The van der Waals surface area contributed by atoms with E-state index in [1.165, 1.54) is 6.07 Å². The van der Waals surface area contributed by atoms with E-state index < -0.39 is 5.97 Å². The van der Waals surface area contributed by atoms with Gasteiger partial charge in [0.05, 0.1) is 12.7 Å². The molecule has 0 heterocycles. The van der Waals surface area contributed by atoms with Crippen LogP contribution in [0.25, 0.3) is 0 Å². The molecule has 0 aliphatic rings. The summed E-state index contributed by atoms with van der Waals surface area (Å²) in [6, 6.07) is 12.4. The van der Waals surface area contributed by atoms with Crippen molar-refractivity contribution in [1.82, 2.24) is 0 Å². The molecule has 0 spiro atoms. The molecule has 2 aromatic rings. The number of carboxylic acids is 1. The largest absolute Gasteiger partial charge is 0.496 e. The molecule has 0 saturated heterocycles. The van der Waals surface area contributed by atoms with E-state index in [2.05, 4.69) is 0 Å². The number of hydrogen-bond donors (Lipinski definition) is 1. The van der Waals surface area contributed by atoms with Crippen LogP contribution >= 0.6 is 0 Å². The molecule has 0 unspecified atom stereocenters. The summed E-state index contributed by atoms with van der Waals surface area (Å²) in [7, 11) is 1.55. The van der Waals surface area contributed by atoms with Crippen LogP contribution in [0.3, 0.4) is 0 Å². The Labute approximate surface area is 117 Å². The molecule has 4 heteroatoms. The molecule has 0 aromatic heterocycles. The minimum Gasteiger partial charge on any atom is -0.496 e. The lowest BCUT2D eigenvalue weighted by Gasteiger charge is -2.11. The van der Waals surface area contributed by atoms with Gasteiger partial charge in [0.15, 0.2) is 0 Å². The number of benzene rings is 2. The van der Waals surface area contributed by atoms with E-state index in [1.807, 2.05) is 31.2 Å². The maximum atomic E-state index is 11.0. The van der Waals surface area contributed by atoms with Crippen LogP contribution in [0.2, 0.25) is 0 Å². The van der Waals surface area contributed by atoms with Gasteiger partial charge in [-0.05, 0) is 37.3 Å². The van der Waals surface area contributed by atoms with Crippen molar-refractivity contribution in [2.45, 2.75) is 13.5 Å². The molecule has 0 radical (unpaired) electrons. The summed E-state index contributed by atoms with van der Waals surface area (Å²) < 4.78 is 10.9. The molecule has 0 amide bonds. The van der Waals surface area contributed by atoms with E-state index in [1.54, 1.807) is 19.2 Å². The highest BCUT2D eigenvalue weighted by atomic mass is 16.5. The molecule has 0 fully saturated rings. The number of methoxy groups -OCH3 is 1. The van der Waals surface area contributed by atoms with Crippen molar-refractivity contribution >= 4 is 5.97 Å². The number of aromatic carboxylic acids is 1. The number of ether oxygens (including phenoxy) is 2. The first-order chi connectivity index (χ1) is 9.60. The van der Waals surface area contributed by atoms with Gasteiger partial charge in [0.25, 0.3) is 0 Å². The third kappa shape index (κ3) is 3.29. The summed E-state index contributed by atoms with van der Waals surface area (Å²) in [5.41, 5.74) is 2.07. The van der Waals surface area contributed by atoms with Crippen molar-refractivity contribution in [3.05, 3.63) is 59.2 Å². The third-order valence-electron chi connectivity index (χ3n) is 2.94. The molecule has 0 saturated carbocycles. The highest BCUT2D eigenvalue weighted by Crippen LogP contribution is 2.22. The Morgan fingerprint density at radius 3 is 2.45 bits per heavy atom. The highest BCUT2D eigenvalue weighted by molar-refractivity contribution is 5.88. The van der Waals surface area contributed by atoms with Gasteiger partial charge in [0.2, 0.25) is 0 Å². The van der Waals surface area contributed by atoms with Crippen molar-refractivity contribution in [3.63, 3.8) is 0 Å². The van der Waals surface area contributed by atoms with Crippen LogP contribution in [0, 0.1) is 6.92 Å². The van der Waals surface area contributed by atoms with Gasteiger partial charge in [-0.2, -0.15) is 0 Å². The van der Waals surface area contributed by atoms with Crippen LogP contribution in [0.4, 0.5) is 0 Å². The average Bonchev–Trinajstić information content (AvgIpc) is 2.46. The van der Waals surface area contributed by atoms with Crippen molar-refractivity contribution in [1.29, 1.82) is 0 Å². The Balaban J connectivity index is 2.16. The molecule has 0 aliphatic carbocycles. The first kappa shape index (κ1) is 13.9. The molecule has 2 aromatic carbocycles. The summed E-state index contributed by atoms with van der Waals surface area (Å²) in [5.74, 6) is 0.379. The second kappa shape index (κ2) is 6.10. The SMILES string of the molecule is COc1ccc(C(=O)O)cc1COc1ccc(C)cc1. The van der Waals surface area contributed by atoms with Crippen LogP contribution in [0.1, 0.15) is 21.5 Å². The fraction of sp³-hybridized carbons (Fsp3) is 0.188. The number of rotatable bonds is 5. The van der Waals surface area contributed by atoms with Gasteiger partial charge in [0, 0.05) is 5.56 Å². The molecule has 1 N–H and O–H groups in total. The second-order valence-corrected chi connectivity index (χ2v) is 4.43. The number of aryl methyl sites for hydroxylation is 1. The predicted molar refractivity (Wildman–Crippen MR) is 75.5 cm³/mol. The maximum Gasteiger partial charge on any atom is 0.335 e. The lowest BCUT2D eigenvalue weighted by molar-refractivity contribution is 0.0696. The minimum atomic E-state index is -0.968. The van der Waals surface area contributed by atoms with E-state index in [4.69, 9.17) is 14.6 Å². The zero-order valence-corrected chi connectivity index (χ0v) is 11.4. The molecule has 20 heavy (non-hydrogen) atoms. The van der Waals surface area contributed by atoms with Crippen LogP contribution in [0.5, 0.6) is 11.5 Å². The molecule has 2 rings (SSSR count). The standard InChI is InChI=1S/C16H16O4/c1-11-3-6-14(7-4-11)20-10-13-9-12(16(17)18)5-8-15(13)19-2/h3-9H,10H2,1-2H3,(H,17,18). The smallest absolute Gasteiger partial charge is 0.335 e. The lowest BCUT2D eigenvalue weighted by atomic mass is 10.1. The first-order valence-electron chi connectivity index (χ1n) is 6.20. The Hall–Kier alpha value is -2.49. The quantitative estimate of drug-likeness (QED) is 0.907. The van der Waals surface area contributed by atoms with E-state index in [0.717, 1.165) is 11.3 Å². The Bertz CT molecular complexity index is 602. The Kier molecular flexibility index (Phi) is 4.25. The van der Waals surface area contributed by atoms with E-state index >= 15 is 0 Å². The molecule has 0 aliphatic heterocycles. The molecular formula is C16H16O4. The van der Waals surface area contributed by atoms with Crippen LogP contribution < -0.4 is 9.47 Å². The van der Waals surface area contributed by atoms with Gasteiger partial charge in [-0.1, -0.05) is 17.7 Å². The van der Waals surface area contributed by atoms with Crippen molar-refractivity contribution in [2.75, 3.05) is 7.11 Å². The minimum absolute atomic E-state index is 0.216. The first-order valence-corrected chi connectivity index (χ1v) is 6.20. The van der Waals surface area contributed by atoms with Gasteiger partial charge >= 0.3 is 5.97 Å². The lowest BCUT2D eigenvalue weighted by Crippen LogP contribution is -2.03. The van der Waals surface area contributed by atoms with Gasteiger partial charge < -0.3 is 14.6 Å². The van der Waals surface area contributed by atoms with Crippen LogP contribution in [-0.2, 0) is 6.61 Å². The third-order valence-corrected chi connectivity index (χ3v) is 2.94. The number of carboxylic acid groups (broad SMARTS) is 1. The zero-order valence-electron chi connectivity index (χ0n) is 11.4. The van der Waals surface area contributed by atoms with E-state index in [0.29, 0.717) is 11.3 Å².